The van der Waals surface area contributed by atoms with Gasteiger partial charge in [-0.1, -0.05) is 6.47 Å². The summed E-state index contributed by atoms with van der Waals surface area (Å²) in [5, 5.41) is 0. The van der Waals surface area contributed by atoms with Gasteiger partial charge in [0.2, 0.25) is 0 Å². The Kier molecular flexibility index (Phi) is 5.34. The number of hydrogen-bond donors (Lipinski definition) is 0. The first-order valence-corrected chi connectivity index (χ1v) is 2.11. The minimum Gasteiger partial charge on any atom is -0.649 e. The number of rotatable bonds is 1. The van der Waals surface area contributed by atoms with Crippen molar-refractivity contribution < 1.29 is 26.6 Å². The Hall–Kier alpha value is -0.0105. The van der Waals surface area contributed by atoms with Crippen LogP contribution in [0.5, 0.6) is 0 Å². The van der Waals surface area contributed by atoms with Gasteiger partial charge in [0.05, 0.1) is 5.60 Å². The molecule has 2 nitrogen and oxygen atoms in total. The van der Waals surface area contributed by atoms with E-state index in [4.69, 9.17) is 0 Å². The molecule has 0 bridgehead atoms. The van der Waals surface area contributed by atoms with E-state index in [2.05, 4.69) is 4.74 Å². The van der Waals surface area contributed by atoms with Crippen LogP contribution in [-0.2, 0) is 26.6 Å². The Morgan fingerprint density at radius 1 is 1.38 bits per heavy atom. The molecule has 0 saturated heterocycles. The van der Waals surface area contributed by atoms with E-state index in [-0.39, 0.29) is 22.7 Å². The Balaban J connectivity index is 0. The normalized spacial score (nSPS) is 9.38. The van der Waals surface area contributed by atoms with Crippen LogP contribution in [0.3, 0.4) is 0 Å². The van der Waals surface area contributed by atoms with Crippen LogP contribution in [0.25, 0.3) is 0 Å². The van der Waals surface area contributed by atoms with Gasteiger partial charge in [-0.3, -0.25) is 0 Å². The average molecular weight is 156 g/mol. The molecule has 0 rings (SSSR count). The second-order valence-corrected chi connectivity index (χ2v) is 2.30. The van der Waals surface area contributed by atoms with Gasteiger partial charge in [0.15, 0.2) is 0 Å². The molecule has 3 heteroatoms. The van der Waals surface area contributed by atoms with Crippen LogP contribution in [0.1, 0.15) is 20.8 Å². The van der Waals surface area contributed by atoms with Crippen LogP contribution in [0, 0.1) is 0 Å². The van der Waals surface area contributed by atoms with Gasteiger partial charge in [0.1, 0.15) is 0 Å². The summed E-state index contributed by atoms with van der Waals surface area (Å²) in [6.45, 7) is 6.73. The topological polar surface area (TPSA) is 26.3 Å². The molecule has 0 aromatic heterocycles. The van der Waals surface area contributed by atoms with Crippen molar-refractivity contribution in [1.29, 1.82) is 0 Å². The van der Waals surface area contributed by atoms with Crippen molar-refractivity contribution in [3.05, 3.63) is 0 Å². The fourth-order valence-corrected chi connectivity index (χ4v) is 0.125. The zero-order valence-corrected chi connectivity index (χ0v) is 6.37. The summed E-state index contributed by atoms with van der Waals surface area (Å²) in [5.74, 6) is 0. The first kappa shape index (κ1) is 10.9. The van der Waals surface area contributed by atoms with E-state index < -0.39 is 0 Å². The van der Waals surface area contributed by atoms with E-state index in [1.165, 1.54) is 6.47 Å². The number of hydrogen-bond acceptors (Lipinski definition) is 2. The molecular formula is C5H9MnO2-. The summed E-state index contributed by atoms with van der Waals surface area (Å²) in [6, 6.07) is 0. The van der Waals surface area contributed by atoms with Gasteiger partial charge in [-0.05, 0) is 20.8 Å². The first-order valence-electron chi connectivity index (χ1n) is 2.11. The summed E-state index contributed by atoms with van der Waals surface area (Å²) in [4.78, 5) is 9.47. The molecule has 49 valence electrons. The van der Waals surface area contributed by atoms with Crippen molar-refractivity contribution >= 4 is 6.47 Å². The quantitative estimate of drug-likeness (QED) is 0.415. The molecule has 1 radical (unpaired) electrons. The largest absolute Gasteiger partial charge is 0.649 e. The zero-order chi connectivity index (χ0) is 5.91. The van der Waals surface area contributed by atoms with Crippen molar-refractivity contribution in [2.24, 2.45) is 0 Å². The van der Waals surface area contributed by atoms with E-state index in [9.17, 15) is 4.79 Å². The van der Waals surface area contributed by atoms with Crippen LogP contribution in [0.4, 0.5) is 0 Å². The van der Waals surface area contributed by atoms with Crippen LogP contribution < -0.4 is 0 Å². The third-order valence-electron chi connectivity index (χ3n) is 0.348. The summed E-state index contributed by atoms with van der Waals surface area (Å²) in [6.07, 6.45) is 0. The molecule has 0 heterocycles. The maximum Gasteiger partial charge on any atom is 0.0623 e. The Morgan fingerprint density at radius 3 is 1.75 bits per heavy atom. The van der Waals surface area contributed by atoms with Gasteiger partial charge in [0.25, 0.3) is 0 Å². The minimum atomic E-state index is -0.373. The number of ether oxygens (including phenoxy) is 1. The maximum atomic E-state index is 9.47. The second-order valence-electron chi connectivity index (χ2n) is 2.30. The fourth-order valence-electron chi connectivity index (χ4n) is 0.125. The fraction of sp³-hybridized carbons (Fsp3) is 0.800. The SMILES string of the molecule is CC(C)(C)O[C-]=O.[Mn]. The van der Waals surface area contributed by atoms with Gasteiger partial charge < -0.3 is 9.53 Å². The molecule has 0 amide bonds. The summed E-state index contributed by atoms with van der Waals surface area (Å²) >= 11 is 0. The van der Waals surface area contributed by atoms with Crippen LogP contribution in [0.2, 0.25) is 0 Å². The van der Waals surface area contributed by atoms with Crippen LogP contribution >= 0.6 is 0 Å². The van der Waals surface area contributed by atoms with Crippen molar-refractivity contribution in [3.63, 3.8) is 0 Å². The molecule has 0 fully saturated rings. The molecule has 0 N–H and O–H groups in total. The minimum absolute atomic E-state index is 0. The first-order chi connectivity index (χ1) is 3.06. The molecular weight excluding hydrogens is 147 g/mol. The van der Waals surface area contributed by atoms with E-state index >= 15 is 0 Å². The van der Waals surface area contributed by atoms with Crippen LogP contribution in [0.15, 0.2) is 0 Å². The molecule has 0 saturated carbocycles. The Labute approximate surface area is 60.1 Å². The van der Waals surface area contributed by atoms with Crippen molar-refractivity contribution in [2.45, 2.75) is 26.4 Å². The molecule has 0 aliphatic carbocycles. The molecule has 0 spiro atoms. The number of carbonyl (C=O) groups excluding carboxylic acids is 1. The molecule has 0 aromatic carbocycles. The Bertz CT molecular complexity index is 65.3. The van der Waals surface area contributed by atoms with Gasteiger partial charge >= 0.3 is 0 Å². The van der Waals surface area contributed by atoms with Crippen molar-refractivity contribution in [2.75, 3.05) is 0 Å². The third kappa shape index (κ3) is 9.37. The predicted octanol–water partition coefficient (Wildman–Crippen LogP) is 0.866. The van der Waals surface area contributed by atoms with Crippen molar-refractivity contribution in [1.82, 2.24) is 0 Å². The summed E-state index contributed by atoms with van der Waals surface area (Å²) in [5.41, 5.74) is -0.373. The van der Waals surface area contributed by atoms with E-state index in [1.54, 1.807) is 20.8 Å². The molecule has 8 heavy (non-hydrogen) atoms. The van der Waals surface area contributed by atoms with Gasteiger partial charge in [0, 0.05) is 17.1 Å². The van der Waals surface area contributed by atoms with Gasteiger partial charge in [-0.2, -0.15) is 0 Å². The van der Waals surface area contributed by atoms with Crippen molar-refractivity contribution in [3.8, 4) is 0 Å². The third-order valence-corrected chi connectivity index (χ3v) is 0.348. The smallest absolute Gasteiger partial charge is 0.0623 e. The van der Waals surface area contributed by atoms with E-state index in [0.717, 1.165) is 0 Å². The molecule has 0 aliphatic heterocycles. The standard InChI is InChI=1S/C5H9O2.Mn/c1-5(2,3)7-4-6;/h1-3H3;/q-1;. The van der Waals surface area contributed by atoms with E-state index in [0.29, 0.717) is 0 Å². The molecule has 0 unspecified atom stereocenters. The van der Waals surface area contributed by atoms with Gasteiger partial charge in [-0.15, -0.1) is 0 Å². The molecule has 0 atom stereocenters. The second kappa shape index (κ2) is 3.93. The predicted molar refractivity (Wildman–Crippen MR) is 26.5 cm³/mol. The maximum absolute atomic E-state index is 9.47. The summed E-state index contributed by atoms with van der Waals surface area (Å²) < 4.78 is 4.42. The average Bonchev–Trinajstić information content (AvgIpc) is 1.30. The zero-order valence-electron chi connectivity index (χ0n) is 5.19. The van der Waals surface area contributed by atoms with E-state index in [1.807, 2.05) is 0 Å². The van der Waals surface area contributed by atoms with Gasteiger partial charge in [-0.25, -0.2) is 0 Å². The summed E-state index contributed by atoms with van der Waals surface area (Å²) in [7, 11) is 0. The molecule has 0 aromatic rings. The molecule has 0 aliphatic rings. The monoisotopic (exact) mass is 156 g/mol. The Morgan fingerprint density at radius 2 is 1.75 bits per heavy atom. The van der Waals surface area contributed by atoms with Crippen LogP contribution in [-0.4, -0.2) is 12.1 Å².